The minimum atomic E-state index is -0.505. The summed E-state index contributed by atoms with van der Waals surface area (Å²) in [5.74, 6) is 0. The molecule has 25 heavy (non-hydrogen) atoms. The van der Waals surface area contributed by atoms with Gasteiger partial charge >= 0.3 is 0 Å². The maximum atomic E-state index is 10.8. The summed E-state index contributed by atoms with van der Waals surface area (Å²) >= 11 is 12.6. The van der Waals surface area contributed by atoms with Crippen LogP contribution in [0.5, 0.6) is 0 Å². The summed E-state index contributed by atoms with van der Waals surface area (Å²) in [6.07, 6.45) is 10.6. The van der Waals surface area contributed by atoms with Gasteiger partial charge in [-0.05, 0) is 50.1 Å². The van der Waals surface area contributed by atoms with Crippen molar-refractivity contribution in [1.82, 2.24) is 0 Å². The van der Waals surface area contributed by atoms with Crippen molar-refractivity contribution in [1.29, 1.82) is 0 Å². The predicted octanol–water partition coefficient (Wildman–Crippen LogP) is 6.18. The van der Waals surface area contributed by atoms with Crippen molar-refractivity contribution in [2.24, 2.45) is 10.2 Å². The third-order valence-electron chi connectivity index (χ3n) is 2.92. The Morgan fingerprint density at radius 2 is 1.72 bits per heavy atom. The number of azo groups is 1. The molecule has 9 heteroatoms. The minimum absolute atomic E-state index is 0.0799. The number of hydrogen-bond donors (Lipinski definition) is 0. The van der Waals surface area contributed by atoms with Crippen LogP contribution in [0.4, 0.5) is 22.7 Å². The first kappa shape index (κ1) is 18.9. The molecule has 2 aromatic rings. The number of hydrogen-bond acceptors (Lipinski definition) is 5. The summed E-state index contributed by atoms with van der Waals surface area (Å²) in [4.78, 5) is 11.6. The average Bonchev–Trinajstić information content (AvgIpc) is 2.56. The van der Waals surface area contributed by atoms with Gasteiger partial charge in [-0.15, -0.1) is 10.2 Å². The topological polar surface area (TPSA) is 71.1 Å². The summed E-state index contributed by atoms with van der Waals surface area (Å²) in [5, 5.41) is 19.3. The molecule has 0 saturated heterocycles. The third kappa shape index (κ3) is 4.37. The first-order chi connectivity index (χ1) is 11.9. The lowest BCUT2D eigenvalue weighted by Gasteiger charge is -2.09. The molecule has 2 aromatic carbocycles. The zero-order valence-corrected chi connectivity index (χ0v) is 16.2. The van der Waals surface area contributed by atoms with Crippen molar-refractivity contribution in [3.05, 3.63) is 54.4 Å². The zero-order valence-electron chi connectivity index (χ0n) is 12.3. The lowest BCUT2D eigenvalue weighted by atomic mass is 10.2. The summed E-state index contributed by atoms with van der Waals surface area (Å²) in [7, 11) is 0. The second-order valence-electron chi connectivity index (χ2n) is 4.44. The average molecular weight is 483 g/mol. The van der Waals surface area contributed by atoms with Gasteiger partial charge in [0.2, 0.25) is 0 Å². The summed E-state index contributed by atoms with van der Waals surface area (Å²) < 4.78 is 0.826. The van der Waals surface area contributed by atoms with E-state index in [4.69, 9.17) is 24.4 Å². The first-order valence-electron chi connectivity index (χ1n) is 6.44. The highest BCUT2D eigenvalue weighted by Gasteiger charge is 2.14. The lowest BCUT2D eigenvalue weighted by Crippen LogP contribution is -2.06. The van der Waals surface area contributed by atoms with E-state index in [1.165, 1.54) is 17.0 Å². The Bertz CT molecular complexity index is 927. The van der Waals surface area contributed by atoms with Crippen LogP contribution in [-0.2, 0) is 0 Å². The number of halogens is 3. The van der Waals surface area contributed by atoms with Crippen LogP contribution < -0.4 is 4.90 Å². The van der Waals surface area contributed by atoms with E-state index in [9.17, 15) is 10.1 Å². The molecule has 0 bridgehead atoms. The molecule has 0 radical (unpaired) electrons. The first-order valence-corrected chi connectivity index (χ1v) is 8.41. The summed E-state index contributed by atoms with van der Waals surface area (Å²) in [6, 6.07) is 12.1. The van der Waals surface area contributed by atoms with Crippen LogP contribution in [0.1, 0.15) is 0 Å². The van der Waals surface area contributed by atoms with Crippen molar-refractivity contribution < 1.29 is 4.92 Å². The van der Waals surface area contributed by atoms with Crippen LogP contribution in [0, 0.1) is 35.0 Å². The van der Waals surface area contributed by atoms with Gasteiger partial charge in [0.15, 0.2) is 0 Å². The highest BCUT2D eigenvalue weighted by Crippen LogP contribution is 2.39. The van der Waals surface area contributed by atoms with Gasteiger partial charge in [0.25, 0.3) is 5.69 Å². The summed E-state index contributed by atoms with van der Waals surface area (Å²) in [6.45, 7) is 0. The molecule has 2 rings (SSSR count). The van der Waals surface area contributed by atoms with Crippen LogP contribution >= 0.6 is 43.5 Å². The normalized spacial score (nSPS) is 10.3. The van der Waals surface area contributed by atoms with Crippen molar-refractivity contribution in [3.8, 4) is 24.9 Å². The number of nitro groups is 1. The number of terminal acetylenes is 2. The van der Waals surface area contributed by atoms with E-state index in [1.807, 2.05) is 0 Å². The van der Waals surface area contributed by atoms with E-state index in [0.717, 1.165) is 0 Å². The SMILES string of the molecule is C#CN(C#C)c1ccc(N=Nc2c(Br)cc([N+](=O)[O-])cc2Br)c(Cl)c1. The molecule has 0 spiro atoms. The third-order valence-corrected chi connectivity index (χ3v) is 4.43. The molecule has 0 unspecified atom stereocenters. The molecule has 0 heterocycles. The van der Waals surface area contributed by atoms with E-state index in [2.05, 4.69) is 54.2 Å². The Morgan fingerprint density at radius 1 is 1.12 bits per heavy atom. The highest BCUT2D eigenvalue weighted by molar-refractivity contribution is 9.11. The van der Waals surface area contributed by atoms with E-state index < -0.39 is 4.92 Å². The maximum absolute atomic E-state index is 10.8. The van der Waals surface area contributed by atoms with Gasteiger partial charge in [0.05, 0.1) is 24.6 Å². The Hall–Kier alpha value is -2.39. The molecule has 0 fully saturated rings. The number of benzene rings is 2. The van der Waals surface area contributed by atoms with Gasteiger partial charge in [-0.25, -0.2) is 4.90 Å². The number of anilines is 1. The molecule has 0 amide bonds. The second-order valence-corrected chi connectivity index (χ2v) is 6.56. The summed E-state index contributed by atoms with van der Waals surface area (Å²) in [5.41, 5.74) is 1.24. The molecule has 0 aliphatic carbocycles. The minimum Gasteiger partial charge on any atom is -0.258 e. The molecule has 0 aromatic heterocycles. The quantitative estimate of drug-likeness (QED) is 0.172. The maximum Gasteiger partial charge on any atom is 0.271 e. The smallest absolute Gasteiger partial charge is 0.258 e. The number of non-ortho nitro benzene ring substituents is 1. The monoisotopic (exact) mass is 480 g/mol. The molecule has 124 valence electrons. The Balaban J connectivity index is 2.36. The number of nitrogens with zero attached hydrogens (tertiary/aromatic N) is 4. The van der Waals surface area contributed by atoms with Gasteiger partial charge in [-0.1, -0.05) is 24.4 Å². The van der Waals surface area contributed by atoms with Crippen LogP contribution in [0.2, 0.25) is 5.02 Å². The molecule has 6 nitrogen and oxygen atoms in total. The van der Waals surface area contributed by atoms with Gasteiger partial charge in [0, 0.05) is 24.2 Å². The van der Waals surface area contributed by atoms with E-state index in [-0.39, 0.29) is 5.69 Å². The standard InChI is InChI=1S/C16H7Br2ClN4O2/c1-3-22(4-2)10-5-6-15(14(19)9-10)20-21-16-12(17)7-11(23(24)25)8-13(16)18/h1-2,5-9H. The van der Waals surface area contributed by atoms with Crippen LogP contribution in [0.3, 0.4) is 0 Å². The van der Waals surface area contributed by atoms with Crippen molar-refractivity contribution in [2.75, 3.05) is 4.90 Å². The van der Waals surface area contributed by atoms with Gasteiger partial charge in [0.1, 0.15) is 11.4 Å². The van der Waals surface area contributed by atoms with Crippen molar-refractivity contribution >= 4 is 66.2 Å². The Labute approximate surface area is 165 Å². The predicted molar refractivity (Wildman–Crippen MR) is 104 cm³/mol. The molecule has 0 saturated carbocycles. The fourth-order valence-electron chi connectivity index (χ4n) is 1.76. The van der Waals surface area contributed by atoms with Gasteiger partial charge < -0.3 is 0 Å². The van der Waals surface area contributed by atoms with Crippen molar-refractivity contribution in [2.45, 2.75) is 0 Å². The van der Waals surface area contributed by atoms with Gasteiger partial charge in [-0.2, -0.15) is 0 Å². The lowest BCUT2D eigenvalue weighted by molar-refractivity contribution is -0.385. The van der Waals surface area contributed by atoms with Gasteiger partial charge in [-0.3, -0.25) is 10.1 Å². The Kier molecular flexibility index (Phi) is 6.16. The van der Waals surface area contributed by atoms with Crippen LogP contribution in [0.25, 0.3) is 0 Å². The Morgan fingerprint density at radius 3 is 2.20 bits per heavy atom. The van der Waals surface area contributed by atoms with E-state index in [0.29, 0.717) is 31.0 Å². The fourth-order valence-corrected chi connectivity index (χ4v) is 3.29. The number of nitro benzene ring substituents is 1. The number of rotatable bonds is 4. The van der Waals surface area contributed by atoms with Crippen LogP contribution in [-0.4, -0.2) is 4.92 Å². The molecule has 0 aliphatic rings. The molecule has 0 atom stereocenters. The molecule has 0 N–H and O–H groups in total. The molecular weight excluding hydrogens is 475 g/mol. The van der Waals surface area contributed by atoms with E-state index >= 15 is 0 Å². The second kappa shape index (κ2) is 8.13. The van der Waals surface area contributed by atoms with Crippen LogP contribution in [0.15, 0.2) is 49.5 Å². The zero-order chi connectivity index (χ0) is 18.6. The molecule has 0 aliphatic heterocycles. The largest absolute Gasteiger partial charge is 0.271 e. The fraction of sp³-hybridized carbons (Fsp3) is 0. The molecular formula is C16H7Br2ClN4O2. The highest BCUT2D eigenvalue weighted by atomic mass is 79.9. The van der Waals surface area contributed by atoms with E-state index in [1.54, 1.807) is 18.2 Å². The van der Waals surface area contributed by atoms with Crippen molar-refractivity contribution in [3.63, 3.8) is 0 Å².